The van der Waals surface area contributed by atoms with Crippen LogP contribution in [0.1, 0.15) is 15.9 Å². The number of carbonyl (C=O) groups excluding carboxylic acids is 3. The molecule has 2 rings (SSSR count). The van der Waals surface area contributed by atoms with Gasteiger partial charge < -0.3 is 4.90 Å². The van der Waals surface area contributed by atoms with Crippen LogP contribution in [0.25, 0.3) is 0 Å². The molecule has 2 heterocycles. The van der Waals surface area contributed by atoms with Crippen LogP contribution in [0.4, 0.5) is 5.82 Å². The van der Waals surface area contributed by atoms with E-state index in [0.29, 0.717) is 17.7 Å². The zero-order chi connectivity index (χ0) is 12.4. The number of imide groups is 1. The molecule has 1 fully saturated rings. The standard InChI is InChI=1S/C11H11N3O3/c1-7-2-8(6-15)3-12-11(7)14-4-9(16)13-10(17)5-14/h2-3,6H,4-5H2,1H3,(H,13,16,17). The molecule has 6 heteroatoms. The van der Waals surface area contributed by atoms with Crippen molar-refractivity contribution >= 4 is 23.9 Å². The zero-order valence-electron chi connectivity index (χ0n) is 9.27. The van der Waals surface area contributed by atoms with Crippen molar-refractivity contribution < 1.29 is 14.4 Å². The average Bonchev–Trinajstić information content (AvgIpc) is 2.27. The quantitative estimate of drug-likeness (QED) is 0.558. The summed E-state index contributed by atoms with van der Waals surface area (Å²) in [5.74, 6) is -0.136. The number of nitrogens with zero attached hydrogens (tertiary/aromatic N) is 2. The molecule has 0 bridgehead atoms. The van der Waals surface area contributed by atoms with Crippen molar-refractivity contribution in [2.45, 2.75) is 6.92 Å². The van der Waals surface area contributed by atoms with E-state index in [2.05, 4.69) is 10.3 Å². The summed E-state index contributed by atoms with van der Waals surface area (Å²) in [5.41, 5.74) is 1.23. The summed E-state index contributed by atoms with van der Waals surface area (Å²) in [6.45, 7) is 1.98. The number of carbonyl (C=O) groups is 3. The Bertz CT molecular complexity index is 483. The number of aryl methyl sites for hydroxylation is 1. The molecule has 0 radical (unpaired) electrons. The summed E-state index contributed by atoms with van der Waals surface area (Å²) >= 11 is 0. The predicted octanol–water partition coefficient (Wildman–Crippen LogP) is -0.335. The van der Waals surface area contributed by atoms with Crippen molar-refractivity contribution in [2.75, 3.05) is 18.0 Å². The van der Waals surface area contributed by atoms with Gasteiger partial charge in [-0.2, -0.15) is 0 Å². The number of pyridine rings is 1. The number of hydrogen-bond acceptors (Lipinski definition) is 5. The van der Waals surface area contributed by atoms with Crippen LogP contribution in [0.2, 0.25) is 0 Å². The molecule has 0 atom stereocenters. The third-order valence-electron chi connectivity index (χ3n) is 2.46. The number of rotatable bonds is 2. The highest BCUT2D eigenvalue weighted by Crippen LogP contribution is 2.18. The van der Waals surface area contributed by atoms with E-state index < -0.39 is 0 Å². The van der Waals surface area contributed by atoms with Gasteiger partial charge >= 0.3 is 0 Å². The number of amides is 2. The summed E-state index contributed by atoms with van der Waals surface area (Å²) in [7, 11) is 0. The fourth-order valence-electron chi connectivity index (χ4n) is 1.77. The Labute approximate surface area is 97.6 Å². The summed E-state index contributed by atoms with van der Waals surface area (Å²) in [6, 6.07) is 1.67. The van der Waals surface area contributed by atoms with Crippen LogP contribution in [-0.4, -0.2) is 36.2 Å². The van der Waals surface area contributed by atoms with Crippen molar-refractivity contribution in [3.05, 3.63) is 23.4 Å². The van der Waals surface area contributed by atoms with Crippen LogP contribution < -0.4 is 10.2 Å². The molecule has 88 valence electrons. The van der Waals surface area contributed by atoms with Crippen molar-refractivity contribution in [1.82, 2.24) is 10.3 Å². The van der Waals surface area contributed by atoms with Gasteiger partial charge in [-0.05, 0) is 18.6 Å². The number of aldehydes is 1. The Morgan fingerprint density at radius 1 is 1.35 bits per heavy atom. The van der Waals surface area contributed by atoms with Gasteiger partial charge in [0.25, 0.3) is 0 Å². The van der Waals surface area contributed by atoms with Crippen molar-refractivity contribution in [3.8, 4) is 0 Å². The third kappa shape index (κ3) is 2.30. The second-order valence-corrected chi connectivity index (χ2v) is 3.85. The number of nitrogens with one attached hydrogen (secondary N) is 1. The maximum Gasteiger partial charge on any atom is 0.246 e. The Balaban J connectivity index is 2.30. The van der Waals surface area contributed by atoms with Gasteiger partial charge in [-0.3, -0.25) is 19.7 Å². The van der Waals surface area contributed by atoms with Crippen LogP contribution in [0.15, 0.2) is 12.3 Å². The topological polar surface area (TPSA) is 79.4 Å². The molecule has 1 aromatic heterocycles. The lowest BCUT2D eigenvalue weighted by atomic mass is 10.2. The molecular weight excluding hydrogens is 222 g/mol. The van der Waals surface area contributed by atoms with E-state index in [1.54, 1.807) is 17.9 Å². The Morgan fingerprint density at radius 2 is 2.00 bits per heavy atom. The predicted molar refractivity (Wildman–Crippen MR) is 59.7 cm³/mol. The monoisotopic (exact) mass is 233 g/mol. The number of hydrogen-bond donors (Lipinski definition) is 1. The van der Waals surface area contributed by atoms with E-state index in [1.165, 1.54) is 6.20 Å². The van der Waals surface area contributed by atoms with E-state index in [0.717, 1.165) is 5.56 Å². The highest BCUT2D eigenvalue weighted by Gasteiger charge is 2.24. The first-order valence-corrected chi connectivity index (χ1v) is 5.09. The van der Waals surface area contributed by atoms with E-state index in [4.69, 9.17) is 0 Å². The van der Waals surface area contributed by atoms with Gasteiger partial charge in [0.1, 0.15) is 5.82 Å². The highest BCUT2D eigenvalue weighted by atomic mass is 16.2. The smallest absolute Gasteiger partial charge is 0.246 e. The largest absolute Gasteiger partial charge is 0.338 e. The van der Waals surface area contributed by atoms with Crippen LogP contribution in [0.5, 0.6) is 0 Å². The minimum absolute atomic E-state index is 0.0972. The van der Waals surface area contributed by atoms with Crippen LogP contribution in [-0.2, 0) is 9.59 Å². The van der Waals surface area contributed by atoms with E-state index in [9.17, 15) is 14.4 Å². The average molecular weight is 233 g/mol. The van der Waals surface area contributed by atoms with Crippen LogP contribution in [0.3, 0.4) is 0 Å². The van der Waals surface area contributed by atoms with Crippen molar-refractivity contribution in [2.24, 2.45) is 0 Å². The molecule has 1 aromatic rings. The van der Waals surface area contributed by atoms with E-state index in [1.807, 2.05) is 0 Å². The highest BCUT2D eigenvalue weighted by molar-refractivity contribution is 6.02. The molecule has 0 aromatic carbocycles. The lowest BCUT2D eigenvalue weighted by Crippen LogP contribution is -2.52. The summed E-state index contributed by atoms with van der Waals surface area (Å²) < 4.78 is 0. The Kier molecular flexibility index (Phi) is 2.86. The van der Waals surface area contributed by atoms with Gasteiger partial charge in [0, 0.05) is 11.8 Å². The normalized spacial score (nSPS) is 15.7. The van der Waals surface area contributed by atoms with Gasteiger partial charge in [-0.25, -0.2) is 4.98 Å². The zero-order valence-corrected chi connectivity index (χ0v) is 9.27. The lowest BCUT2D eigenvalue weighted by Gasteiger charge is -2.27. The molecule has 1 aliphatic heterocycles. The molecule has 1 N–H and O–H groups in total. The maximum absolute atomic E-state index is 11.2. The molecular formula is C11H11N3O3. The molecule has 1 saturated heterocycles. The van der Waals surface area contributed by atoms with Gasteiger partial charge in [-0.1, -0.05) is 0 Å². The molecule has 0 saturated carbocycles. The van der Waals surface area contributed by atoms with Gasteiger partial charge in [0.15, 0.2) is 6.29 Å². The number of anilines is 1. The fraction of sp³-hybridized carbons (Fsp3) is 0.273. The van der Waals surface area contributed by atoms with Gasteiger partial charge in [0.05, 0.1) is 13.1 Å². The van der Waals surface area contributed by atoms with E-state index in [-0.39, 0.29) is 24.9 Å². The molecule has 6 nitrogen and oxygen atoms in total. The second kappa shape index (κ2) is 4.32. The lowest BCUT2D eigenvalue weighted by molar-refractivity contribution is -0.130. The molecule has 0 aliphatic carbocycles. The third-order valence-corrected chi connectivity index (χ3v) is 2.46. The number of aromatic nitrogens is 1. The molecule has 17 heavy (non-hydrogen) atoms. The van der Waals surface area contributed by atoms with Crippen LogP contribution in [0, 0.1) is 6.92 Å². The first kappa shape index (κ1) is 11.3. The van der Waals surface area contributed by atoms with Gasteiger partial charge in [0.2, 0.25) is 11.8 Å². The molecule has 2 amide bonds. The Hall–Kier alpha value is -2.24. The molecule has 0 spiro atoms. The minimum atomic E-state index is -0.345. The second-order valence-electron chi connectivity index (χ2n) is 3.85. The summed E-state index contributed by atoms with van der Waals surface area (Å²) in [4.78, 5) is 38.7. The van der Waals surface area contributed by atoms with Gasteiger partial charge in [-0.15, -0.1) is 0 Å². The van der Waals surface area contributed by atoms with Crippen molar-refractivity contribution in [1.29, 1.82) is 0 Å². The first-order valence-electron chi connectivity index (χ1n) is 5.09. The van der Waals surface area contributed by atoms with Crippen molar-refractivity contribution in [3.63, 3.8) is 0 Å². The summed E-state index contributed by atoms with van der Waals surface area (Å²) in [6.07, 6.45) is 2.13. The maximum atomic E-state index is 11.2. The van der Waals surface area contributed by atoms with Crippen LogP contribution >= 0.6 is 0 Å². The summed E-state index contributed by atoms with van der Waals surface area (Å²) in [5, 5.41) is 2.22. The van der Waals surface area contributed by atoms with E-state index >= 15 is 0 Å². The molecule has 1 aliphatic rings. The molecule has 0 unspecified atom stereocenters. The first-order chi connectivity index (χ1) is 8.10. The Morgan fingerprint density at radius 3 is 2.53 bits per heavy atom. The minimum Gasteiger partial charge on any atom is -0.338 e. The fourth-order valence-corrected chi connectivity index (χ4v) is 1.77. The number of piperazine rings is 1. The SMILES string of the molecule is Cc1cc(C=O)cnc1N1CC(=O)NC(=O)C1.